The molecule has 0 spiro atoms. The van der Waals surface area contributed by atoms with Crippen LogP contribution >= 0.6 is 15.9 Å². The van der Waals surface area contributed by atoms with Gasteiger partial charge in [-0.2, -0.15) is 0 Å². The van der Waals surface area contributed by atoms with E-state index in [4.69, 9.17) is 10.5 Å². The summed E-state index contributed by atoms with van der Waals surface area (Å²) in [7, 11) is 1.72. The molecular formula is C16H24BrNO. The molecule has 0 heterocycles. The highest BCUT2D eigenvalue weighted by atomic mass is 79.9. The minimum atomic E-state index is 0.675. The molecule has 0 saturated heterocycles. The van der Waals surface area contributed by atoms with E-state index >= 15 is 0 Å². The molecule has 0 aliphatic heterocycles. The number of hydrogen-bond acceptors (Lipinski definition) is 2. The molecule has 0 radical (unpaired) electrons. The molecule has 2 rings (SSSR count). The quantitative estimate of drug-likeness (QED) is 0.907. The number of benzene rings is 1. The number of hydrogen-bond donors (Lipinski definition) is 1. The van der Waals surface area contributed by atoms with E-state index in [9.17, 15) is 0 Å². The standard InChI is InChI=1S/C16H24BrNO/c1-11-3-4-12(10-18)13(7-11)8-14-9-15(19-2)5-6-16(14)17/h5-6,9,11-13H,3-4,7-8,10,18H2,1-2H3. The third-order valence-electron chi connectivity index (χ3n) is 4.44. The molecule has 106 valence electrons. The van der Waals surface area contributed by atoms with Crippen LogP contribution in [0.3, 0.4) is 0 Å². The first-order chi connectivity index (χ1) is 9.13. The molecule has 1 fully saturated rings. The molecule has 0 aromatic heterocycles. The maximum Gasteiger partial charge on any atom is 0.119 e. The normalized spacial score (nSPS) is 27.3. The molecule has 0 amide bonds. The van der Waals surface area contributed by atoms with E-state index in [-0.39, 0.29) is 0 Å². The van der Waals surface area contributed by atoms with E-state index in [2.05, 4.69) is 35.0 Å². The molecule has 1 saturated carbocycles. The van der Waals surface area contributed by atoms with Crippen molar-refractivity contribution in [2.24, 2.45) is 23.5 Å². The maximum atomic E-state index is 5.95. The Bertz CT molecular complexity index is 421. The van der Waals surface area contributed by atoms with Crippen molar-refractivity contribution in [2.75, 3.05) is 13.7 Å². The summed E-state index contributed by atoms with van der Waals surface area (Å²) in [4.78, 5) is 0. The minimum Gasteiger partial charge on any atom is -0.497 e. The van der Waals surface area contributed by atoms with E-state index in [1.807, 2.05) is 6.07 Å². The summed E-state index contributed by atoms with van der Waals surface area (Å²) in [5.74, 6) is 3.15. The van der Waals surface area contributed by atoms with Gasteiger partial charge < -0.3 is 10.5 Å². The van der Waals surface area contributed by atoms with Crippen LogP contribution in [0.5, 0.6) is 5.75 Å². The van der Waals surface area contributed by atoms with Crippen molar-refractivity contribution in [3.63, 3.8) is 0 Å². The van der Waals surface area contributed by atoms with Gasteiger partial charge in [0.25, 0.3) is 0 Å². The van der Waals surface area contributed by atoms with Crippen molar-refractivity contribution < 1.29 is 4.74 Å². The van der Waals surface area contributed by atoms with Gasteiger partial charge in [-0.05, 0) is 67.3 Å². The van der Waals surface area contributed by atoms with Crippen LogP contribution in [0.2, 0.25) is 0 Å². The van der Waals surface area contributed by atoms with Crippen molar-refractivity contribution in [1.29, 1.82) is 0 Å². The van der Waals surface area contributed by atoms with Crippen molar-refractivity contribution in [3.8, 4) is 5.75 Å². The molecule has 1 aromatic carbocycles. The van der Waals surface area contributed by atoms with E-state index in [1.54, 1.807) is 7.11 Å². The zero-order valence-corrected chi connectivity index (χ0v) is 13.4. The Balaban J connectivity index is 2.14. The van der Waals surface area contributed by atoms with Crippen LogP contribution < -0.4 is 10.5 Å². The third kappa shape index (κ3) is 3.73. The summed E-state index contributed by atoms with van der Waals surface area (Å²) < 4.78 is 6.51. The molecule has 3 atom stereocenters. The molecule has 2 N–H and O–H groups in total. The van der Waals surface area contributed by atoms with Crippen LogP contribution in [-0.4, -0.2) is 13.7 Å². The third-order valence-corrected chi connectivity index (χ3v) is 5.21. The number of halogens is 1. The van der Waals surface area contributed by atoms with E-state index in [0.29, 0.717) is 11.8 Å². The highest BCUT2D eigenvalue weighted by Crippen LogP contribution is 2.37. The second-order valence-corrected chi connectivity index (χ2v) is 6.69. The van der Waals surface area contributed by atoms with E-state index < -0.39 is 0 Å². The van der Waals surface area contributed by atoms with E-state index in [1.165, 1.54) is 29.3 Å². The Kier molecular flexibility index (Phi) is 5.28. The van der Waals surface area contributed by atoms with Gasteiger partial charge in [-0.25, -0.2) is 0 Å². The van der Waals surface area contributed by atoms with Crippen LogP contribution in [0.25, 0.3) is 0 Å². The summed E-state index contributed by atoms with van der Waals surface area (Å²) in [5.41, 5.74) is 7.29. The molecule has 3 heteroatoms. The van der Waals surface area contributed by atoms with Gasteiger partial charge in [-0.15, -0.1) is 0 Å². The molecule has 19 heavy (non-hydrogen) atoms. The molecule has 0 bridgehead atoms. The Morgan fingerprint density at radius 3 is 2.79 bits per heavy atom. The first kappa shape index (κ1) is 14.9. The predicted octanol–water partition coefficient (Wildman–Crippen LogP) is 4.01. The predicted molar refractivity (Wildman–Crippen MR) is 83.4 cm³/mol. The van der Waals surface area contributed by atoms with Gasteiger partial charge >= 0.3 is 0 Å². The Labute approximate surface area is 124 Å². The highest BCUT2D eigenvalue weighted by molar-refractivity contribution is 9.10. The Hall–Kier alpha value is -0.540. The zero-order valence-electron chi connectivity index (χ0n) is 11.9. The topological polar surface area (TPSA) is 35.2 Å². The zero-order chi connectivity index (χ0) is 13.8. The fourth-order valence-corrected chi connectivity index (χ4v) is 3.65. The van der Waals surface area contributed by atoms with Crippen molar-refractivity contribution >= 4 is 15.9 Å². The number of methoxy groups -OCH3 is 1. The minimum absolute atomic E-state index is 0.675. The van der Waals surface area contributed by atoms with Gasteiger partial charge in [-0.1, -0.05) is 29.3 Å². The van der Waals surface area contributed by atoms with Gasteiger partial charge in [0.05, 0.1) is 7.11 Å². The van der Waals surface area contributed by atoms with E-state index in [0.717, 1.165) is 24.6 Å². The summed E-state index contributed by atoms with van der Waals surface area (Å²) in [6, 6.07) is 6.23. The van der Waals surface area contributed by atoms with Gasteiger partial charge in [0.15, 0.2) is 0 Å². The fourth-order valence-electron chi connectivity index (χ4n) is 3.24. The summed E-state index contributed by atoms with van der Waals surface area (Å²) in [5, 5.41) is 0. The summed E-state index contributed by atoms with van der Waals surface area (Å²) >= 11 is 3.66. The lowest BCUT2D eigenvalue weighted by Crippen LogP contribution is -2.31. The van der Waals surface area contributed by atoms with Crippen molar-refractivity contribution in [2.45, 2.75) is 32.6 Å². The lowest BCUT2D eigenvalue weighted by Gasteiger charge is -2.34. The monoisotopic (exact) mass is 325 g/mol. The van der Waals surface area contributed by atoms with Gasteiger partial charge in [0.1, 0.15) is 5.75 Å². The van der Waals surface area contributed by atoms with Gasteiger partial charge in [-0.3, -0.25) is 0 Å². The SMILES string of the molecule is COc1ccc(Br)c(CC2CC(C)CCC2CN)c1. The number of rotatable bonds is 4. The Morgan fingerprint density at radius 2 is 2.11 bits per heavy atom. The number of nitrogens with two attached hydrogens (primary N) is 1. The summed E-state index contributed by atoms with van der Waals surface area (Å²) in [6.07, 6.45) is 5.01. The van der Waals surface area contributed by atoms with Crippen LogP contribution in [0, 0.1) is 17.8 Å². The van der Waals surface area contributed by atoms with Gasteiger partial charge in [0, 0.05) is 4.47 Å². The lowest BCUT2D eigenvalue weighted by atomic mass is 9.72. The van der Waals surface area contributed by atoms with Gasteiger partial charge in [0.2, 0.25) is 0 Å². The van der Waals surface area contributed by atoms with Crippen LogP contribution in [-0.2, 0) is 6.42 Å². The van der Waals surface area contributed by atoms with Crippen LogP contribution in [0.4, 0.5) is 0 Å². The molecular weight excluding hydrogens is 302 g/mol. The van der Waals surface area contributed by atoms with Crippen LogP contribution in [0.1, 0.15) is 31.7 Å². The van der Waals surface area contributed by atoms with Crippen molar-refractivity contribution in [1.82, 2.24) is 0 Å². The molecule has 1 aliphatic carbocycles. The summed E-state index contributed by atoms with van der Waals surface area (Å²) in [6.45, 7) is 3.18. The highest BCUT2D eigenvalue weighted by Gasteiger charge is 2.28. The maximum absolute atomic E-state index is 5.95. The fraction of sp³-hybridized carbons (Fsp3) is 0.625. The second-order valence-electron chi connectivity index (χ2n) is 5.84. The molecule has 1 aliphatic rings. The number of ether oxygens (including phenoxy) is 1. The molecule has 3 unspecified atom stereocenters. The molecule has 2 nitrogen and oxygen atoms in total. The first-order valence-electron chi connectivity index (χ1n) is 7.16. The average Bonchev–Trinajstić information content (AvgIpc) is 2.41. The second kappa shape index (κ2) is 6.76. The Morgan fingerprint density at radius 1 is 1.32 bits per heavy atom. The van der Waals surface area contributed by atoms with Crippen molar-refractivity contribution in [3.05, 3.63) is 28.2 Å². The first-order valence-corrected chi connectivity index (χ1v) is 7.95. The van der Waals surface area contributed by atoms with Crippen LogP contribution in [0.15, 0.2) is 22.7 Å². The lowest BCUT2D eigenvalue weighted by molar-refractivity contribution is 0.193. The molecule has 1 aromatic rings. The average molecular weight is 326 g/mol. The smallest absolute Gasteiger partial charge is 0.119 e. The largest absolute Gasteiger partial charge is 0.497 e.